The van der Waals surface area contributed by atoms with Gasteiger partial charge in [0.05, 0.1) is 0 Å². The summed E-state index contributed by atoms with van der Waals surface area (Å²) in [5, 5.41) is 0. The third kappa shape index (κ3) is 3.40. The molecule has 0 bridgehead atoms. The van der Waals surface area contributed by atoms with Gasteiger partial charge in [0.1, 0.15) is 0 Å². The second-order valence-corrected chi connectivity index (χ2v) is 3.81. The van der Waals surface area contributed by atoms with Gasteiger partial charge in [-0.3, -0.25) is 0 Å². The SMILES string of the molecule is CC=C1CCCCN(C)CCC1. The minimum absolute atomic E-state index is 1.28. The maximum Gasteiger partial charge on any atom is -0.00187 e. The zero-order valence-corrected chi connectivity index (χ0v) is 8.47. The van der Waals surface area contributed by atoms with E-state index in [4.69, 9.17) is 0 Å². The first-order chi connectivity index (χ1) is 5.83. The number of allylic oxidation sites excluding steroid dienone is 2. The summed E-state index contributed by atoms with van der Waals surface area (Å²) in [5.41, 5.74) is 1.67. The molecule has 0 saturated carbocycles. The number of nitrogens with zero attached hydrogens (tertiary/aromatic N) is 1. The van der Waals surface area contributed by atoms with Crippen molar-refractivity contribution in [2.24, 2.45) is 0 Å². The van der Waals surface area contributed by atoms with Crippen LogP contribution in [-0.4, -0.2) is 25.0 Å². The summed E-state index contributed by atoms with van der Waals surface area (Å²) in [6.07, 6.45) is 9.06. The zero-order chi connectivity index (χ0) is 8.81. The average molecular weight is 167 g/mol. The van der Waals surface area contributed by atoms with Crippen molar-refractivity contribution in [3.05, 3.63) is 11.6 Å². The fourth-order valence-corrected chi connectivity index (χ4v) is 1.84. The molecule has 0 aliphatic carbocycles. The molecule has 0 amide bonds. The van der Waals surface area contributed by atoms with Crippen LogP contribution >= 0.6 is 0 Å². The van der Waals surface area contributed by atoms with Gasteiger partial charge in [-0.05, 0) is 59.2 Å². The number of hydrogen-bond acceptors (Lipinski definition) is 1. The minimum atomic E-state index is 1.28. The van der Waals surface area contributed by atoms with Crippen LogP contribution in [0.3, 0.4) is 0 Å². The predicted molar refractivity (Wildman–Crippen MR) is 54.3 cm³/mol. The quantitative estimate of drug-likeness (QED) is 0.501. The molecule has 0 radical (unpaired) electrons. The smallest absolute Gasteiger partial charge is 0.00187 e. The van der Waals surface area contributed by atoms with Crippen LogP contribution in [0, 0.1) is 0 Å². The summed E-state index contributed by atoms with van der Waals surface area (Å²) >= 11 is 0. The van der Waals surface area contributed by atoms with E-state index in [9.17, 15) is 0 Å². The van der Waals surface area contributed by atoms with Gasteiger partial charge in [0.25, 0.3) is 0 Å². The molecule has 1 nitrogen and oxygen atoms in total. The molecule has 70 valence electrons. The summed E-state index contributed by atoms with van der Waals surface area (Å²) in [5.74, 6) is 0. The van der Waals surface area contributed by atoms with Crippen molar-refractivity contribution in [2.45, 2.75) is 39.0 Å². The third-order valence-electron chi connectivity index (χ3n) is 2.73. The Kier molecular flexibility index (Phi) is 4.37. The van der Waals surface area contributed by atoms with E-state index in [-0.39, 0.29) is 0 Å². The van der Waals surface area contributed by atoms with Crippen molar-refractivity contribution < 1.29 is 0 Å². The van der Waals surface area contributed by atoms with E-state index in [1.165, 1.54) is 45.2 Å². The summed E-state index contributed by atoms with van der Waals surface area (Å²) in [4.78, 5) is 2.46. The van der Waals surface area contributed by atoms with Crippen LogP contribution in [0.25, 0.3) is 0 Å². The maximum absolute atomic E-state index is 2.46. The van der Waals surface area contributed by atoms with Gasteiger partial charge >= 0.3 is 0 Å². The first-order valence-electron chi connectivity index (χ1n) is 5.15. The van der Waals surface area contributed by atoms with Gasteiger partial charge in [-0.25, -0.2) is 0 Å². The first kappa shape index (κ1) is 9.79. The lowest BCUT2D eigenvalue weighted by Gasteiger charge is -2.13. The number of hydrogen-bond donors (Lipinski definition) is 0. The molecule has 1 fully saturated rings. The van der Waals surface area contributed by atoms with Gasteiger partial charge in [-0.15, -0.1) is 0 Å². The topological polar surface area (TPSA) is 3.24 Å². The highest BCUT2D eigenvalue weighted by molar-refractivity contribution is 5.00. The molecule has 12 heavy (non-hydrogen) atoms. The van der Waals surface area contributed by atoms with Crippen molar-refractivity contribution in [3.63, 3.8) is 0 Å². The summed E-state index contributed by atoms with van der Waals surface area (Å²) < 4.78 is 0. The van der Waals surface area contributed by atoms with Gasteiger partial charge < -0.3 is 4.90 Å². The van der Waals surface area contributed by atoms with Crippen molar-refractivity contribution in [3.8, 4) is 0 Å². The van der Waals surface area contributed by atoms with Crippen molar-refractivity contribution in [1.82, 2.24) is 4.90 Å². The molecule has 0 N–H and O–H groups in total. The minimum Gasteiger partial charge on any atom is -0.306 e. The lowest BCUT2D eigenvalue weighted by Crippen LogP contribution is -2.20. The van der Waals surface area contributed by atoms with E-state index in [1.54, 1.807) is 5.57 Å². The molecule has 0 atom stereocenters. The monoisotopic (exact) mass is 167 g/mol. The van der Waals surface area contributed by atoms with E-state index in [1.807, 2.05) is 0 Å². The Hall–Kier alpha value is -0.300. The van der Waals surface area contributed by atoms with Crippen molar-refractivity contribution in [1.29, 1.82) is 0 Å². The predicted octanol–water partition coefficient (Wildman–Crippen LogP) is 2.83. The highest BCUT2D eigenvalue weighted by atomic mass is 15.1. The Morgan fingerprint density at radius 3 is 2.50 bits per heavy atom. The molecule has 1 aliphatic heterocycles. The second kappa shape index (κ2) is 5.36. The van der Waals surface area contributed by atoms with E-state index in [2.05, 4.69) is 24.9 Å². The molecule has 1 aliphatic rings. The Morgan fingerprint density at radius 1 is 1.08 bits per heavy atom. The summed E-state index contributed by atoms with van der Waals surface area (Å²) in [6, 6.07) is 0. The second-order valence-electron chi connectivity index (χ2n) is 3.81. The fraction of sp³-hybridized carbons (Fsp3) is 0.818. The summed E-state index contributed by atoms with van der Waals surface area (Å²) in [6.45, 7) is 4.74. The first-order valence-corrected chi connectivity index (χ1v) is 5.15. The molecule has 0 unspecified atom stereocenters. The normalized spacial score (nSPS) is 26.3. The van der Waals surface area contributed by atoms with Gasteiger partial charge in [0.15, 0.2) is 0 Å². The van der Waals surface area contributed by atoms with E-state index < -0.39 is 0 Å². The van der Waals surface area contributed by atoms with E-state index in [0.29, 0.717) is 0 Å². The Balaban J connectivity index is 2.37. The molecule has 1 heteroatoms. The molecule has 1 saturated heterocycles. The molecule has 1 heterocycles. The Labute approximate surface area is 76.5 Å². The third-order valence-corrected chi connectivity index (χ3v) is 2.73. The lowest BCUT2D eigenvalue weighted by molar-refractivity contribution is 0.328. The Morgan fingerprint density at radius 2 is 1.75 bits per heavy atom. The molecule has 0 aromatic heterocycles. The Bertz CT molecular complexity index is 149. The molecular formula is C11H21N. The lowest BCUT2D eigenvalue weighted by atomic mass is 10.0. The van der Waals surface area contributed by atoms with Crippen molar-refractivity contribution in [2.75, 3.05) is 20.1 Å². The van der Waals surface area contributed by atoms with Crippen LogP contribution in [0.15, 0.2) is 11.6 Å². The molecular weight excluding hydrogens is 146 g/mol. The van der Waals surface area contributed by atoms with Crippen LogP contribution in [0.2, 0.25) is 0 Å². The molecule has 0 aromatic rings. The van der Waals surface area contributed by atoms with Gasteiger partial charge in [-0.2, -0.15) is 0 Å². The highest BCUT2D eigenvalue weighted by Crippen LogP contribution is 2.16. The van der Waals surface area contributed by atoms with Crippen LogP contribution in [0.5, 0.6) is 0 Å². The van der Waals surface area contributed by atoms with Crippen LogP contribution in [0.1, 0.15) is 39.0 Å². The number of rotatable bonds is 0. The summed E-state index contributed by atoms with van der Waals surface area (Å²) in [7, 11) is 2.24. The van der Waals surface area contributed by atoms with Crippen molar-refractivity contribution >= 4 is 0 Å². The zero-order valence-electron chi connectivity index (χ0n) is 8.47. The molecule has 1 rings (SSSR count). The maximum atomic E-state index is 2.46. The van der Waals surface area contributed by atoms with Crippen LogP contribution < -0.4 is 0 Å². The fourth-order valence-electron chi connectivity index (χ4n) is 1.84. The molecule has 0 spiro atoms. The van der Waals surface area contributed by atoms with Gasteiger partial charge in [0.2, 0.25) is 0 Å². The van der Waals surface area contributed by atoms with Gasteiger partial charge in [-0.1, -0.05) is 11.6 Å². The molecule has 0 aromatic carbocycles. The average Bonchev–Trinajstić information content (AvgIpc) is 2.17. The largest absolute Gasteiger partial charge is 0.306 e. The van der Waals surface area contributed by atoms with E-state index in [0.717, 1.165) is 0 Å². The van der Waals surface area contributed by atoms with Crippen LogP contribution in [0.4, 0.5) is 0 Å². The van der Waals surface area contributed by atoms with Gasteiger partial charge in [0, 0.05) is 0 Å². The standard InChI is InChI=1S/C11H21N/c1-3-11-7-4-5-9-12(2)10-6-8-11/h3H,4-10H2,1-2H3. The van der Waals surface area contributed by atoms with Crippen LogP contribution in [-0.2, 0) is 0 Å². The highest BCUT2D eigenvalue weighted by Gasteiger charge is 2.04. The van der Waals surface area contributed by atoms with E-state index >= 15 is 0 Å².